The van der Waals surface area contributed by atoms with E-state index in [1.165, 1.54) is 22.9 Å². The number of hydrazine groups is 1. The Morgan fingerprint density at radius 3 is 2.20 bits per heavy atom. The average Bonchev–Trinajstić information content (AvgIpc) is 2.70. The van der Waals surface area contributed by atoms with Crippen molar-refractivity contribution >= 4 is 12.4 Å². The Labute approximate surface area is 151 Å². The van der Waals surface area contributed by atoms with E-state index in [0.717, 1.165) is 17.7 Å². The summed E-state index contributed by atoms with van der Waals surface area (Å²) in [6.45, 7) is 10.5. The number of hydrogen-bond acceptors (Lipinski definition) is 4. The number of aliphatic imine (C=N–C) groups is 1. The molecule has 0 spiro atoms. The minimum atomic E-state index is 0.873. The molecule has 4 nitrogen and oxygen atoms in total. The first kappa shape index (κ1) is 21.8. The van der Waals surface area contributed by atoms with Crippen molar-refractivity contribution in [3.05, 3.63) is 72.4 Å². The molecule has 0 aliphatic heterocycles. The van der Waals surface area contributed by atoms with Crippen LogP contribution in [0.15, 0.2) is 71.4 Å². The Morgan fingerprint density at radius 2 is 1.72 bits per heavy atom. The number of aryl methyl sites for hydroxylation is 1. The molecule has 2 aromatic carbocycles. The highest BCUT2D eigenvalue weighted by molar-refractivity contribution is 6.04. The van der Waals surface area contributed by atoms with Gasteiger partial charge in [0.25, 0.3) is 0 Å². The average molecular weight is 334 g/mol. The van der Waals surface area contributed by atoms with E-state index in [9.17, 15) is 0 Å². The molecule has 0 aliphatic rings. The minimum absolute atomic E-state index is 0.873. The molecular formula is C21H26N4. The van der Waals surface area contributed by atoms with Crippen molar-refractivity contribution in [3.8, 4) is 24.0 Å². The summed E-state index contributed by atoms with van der Waals surface area (Å²) in [5, 5.41) is 4.06. The molecule has 4 heteroatoms. The van der Waals surface area contributed by atoms with Crippen molar-refractivity contribution in [3.63, 3.8) is 0 Å². The second-order valence-electron chi connectivity index (χ2n) is 4.79. The van der Waals surface area contributed by atoms with E-state index in [0.29, 0.717) is 0 Å². The van der Waals surface area contributed by atoms with Crippen LogP contribution < -0.4 is 11.4 Å². The second-order valence-corrected chi connectivity index (χ2v) is 4.79. The molecule has 2 aromatic rings. The van der Waals surface area contributed by atoms with E-state index >= 15 is 0 Å². The van der Waals surface area contributed by atoms with E-state index < -0.39 is 0 Å². The van der Waals surface area contributed by atoms with Crippen molar-refractivity contribution in [2.24, 2.45) is 15.9 Å². The largest absolute Gasteiger partial charge is 0.273 e. The van der Waals surface area contributed by atoms with Gasteiger partial charge < -0.3 is 0 Å². The molecule has 2 rings (SSSR count). The molecule has 0 unspecified atom stereocenters. The summed E-state index contributed by atoms with van der Waals surface area (Å²) in [5.41, 5.74) is 8.02. The maximum Gasteiger partial charge on any atom is 0.0666 e. The van der Waals surface area contributed by atoms with Gasteiger partial charge in [0.2, 0.25) is 0 Å². The van der Waals surface area contributed by atoms with Gasteiger partial charge >= 0.3 is 0 Å². The standard InChI is InChI=1S/C16H19N3.C3H5N.C2H2/c1-3-13-8-10-14(11-9-13)16-7-5-4-6-15(16)12(2)18-19-17;1-3-4-2;1-2/h4-11,19H,3,17H2,1-2H3;3H,1-2H2;1-2H/b18-12+;;. The molecule has 0 heterocycles. The Kier molecular flexibility index (Phi) is 11.6. The summed E-state index contributed by atoms with van der Waals surface area (Å²) in [6, 6.07) is 16.8. The summed E-state index contributed by atoms with van der Waals surface area (Å²) >= 11 is 0. The van der Waals surface area contributed by atoms with Gasteiger partial charge in [-0.25, -0.2) is 11.4 Å². The SMILES string of the molecule is C#C.C=CN=C.CCc1ccc(-c2ccccc2/C(C)=N/NN)cc1. The third-order valence-electron chi connectivity index (χ3n) is 3.35. The van der Waals surface area contributed by atoms with E-state index in [1.54, 1.807) is 0 Å². The third-order valence-corrected chi connectivity index (χ3v) is 3.35. The summed E-state index contributed by atoms with van der Waals surface area (Å²) in [4.78, 5) is 3.25. The Balaban J connectivity index is 0.000000845. The van der Waals surface area contributed by atoms with E-state index in [2.05, 4.69) is 85.1 Å². The van der Waals surface area contributed by atoms with Crippen LogP contribution in [0.25, 0.3) is 11.1 Å². The van der Waals surface area contributed by atoms with Crippen molar-refractivity contribution in [1.82, 2.24) is 5.53 Å². The van der Waals surface area contributed by atoms with Crippen LogP contribution in [0.5, 0.6) is 0 Å². The molecule has 0 aromatic heterocycles. The fraction of sp³-hybridized carbons (Fsp3) is 0.143. The van der Waals surface area contributed by atoms with E-state index in [-0.39, 0.29) is 0 Å². The molecule has 25 heavy (non-hydrogen) atoms. The van der Waals surface area contributed by atoms with Gasteiger partial charge in [0, 0.05) is 11.8 Å². The predicted octanol–water partition coefficient (Wildman–Crippen LogP) is 4.18. The first-order valence-corrected chi connectivity index (χ1v) is 7.76. The summed E-state index contributed by atoms with van der Waals surface area (Å²) in [5.74, 6) is 5.26. The maximum absolute atomic E-state index is 5.26. The van der Waals surface area contributed by atoms with E-state index in [1.807, 2.05) is 19.1 Å². The van der Waals surface area contributed by atoms with Crippen molar-refractivity contribution in [2.75, 3.05) is 0 Å². The molecule has 0 atom stereocenters. The highest BCUT2D eigenvalue weighted by Crippen LogP contribution is 2.24. The first-order valence-electron chi connectivity index (χ1n) is 7.76. The molecule has 130 valence electrons. The van der Waals surface area contributed by atoms with Gasteiger partial charge in [0.15, 0.2) is 0 Å². The quantitative estimate of drug-likeness (QED) is 0.373. The van der Waals surface area contributed by atoms with Gasteiger partial charge in [0.1, 0.15) is 0 Å². The topological polar surface area (TPSA) is 62.8 Å². The molecule has 3 N–H and O–H groups in total. The fourth-order valence-corrected chi connectivity index (χ4v) is 2.13. The van der Waals surface area contributed by atoms with Crippen LogP contribution in [-0.2, 0) is 6.42 Å². The molecule has 0 aliphatic carbocycles. The normalized spacial score (nSPS) is 9.56. The maximum atomic E-state index is 5.26. The zero-order chi connectivity index (χ0) is 19.1. The zero-order valence-electron chi connectivity index (χ0n) is 14.9. The van der Waals surface area contributed by atoms with Crippen LogP contribution in [-0.4, -0.2) is 12.4 Å². The predicted molar refractivity (Wildman–Crippen MR) is 110 cm³/mol. The number of hydrazone groups is 1. The van der Waals surface area contributed by atoms with Gasteiger partial charge in [-0.15, -0.1) is 12.8 Å². The number of nitrogens with one attached hydrogen (secondary N) is 1. The van der Waals surface area contributed by atoms with Crippen LogP contribution in [0.1, 0.15) is 25.0 Å². The monoisotopic (exact) mass is 334 g/mol. The highest BCUT2D eigenvalue weighted by atomic mass is 15.5. The van der Waals surface area contributed by atoms with Crippen LogP contribution in [0.3, 0.4) is 0 Å². The molecule has 0 saturated carbocycles. The van der Waals surface area contributed by atoms with Gasteiger partial charge in [-0.1, -0.05) is 62.0 Å². The molecule has 0 saturated heterocycles. The lowest BCUT2D eigenvalue weighted by Crippen LogP contribution is -2.16. The van der Waals surface area contributed by atoms with Gasteiger partial charge in [-0.05, 0) is 36.8 Å². The molecular weight excluding hydrogens is 308 g/mol. The third kappa shape index (κ3) is 7.30. The van der Waals surface area contributed by atoms with Crippen LogP contribution in [0.4, 0.5) is 0 Å². The van der Waals surface area contributed by atoms with Crippen molar-refractivity contribution < 1.29 is 0 Å². The number of rotatable bonds is 5. The fourth-order valence-electron chi connectivity index (χ4n) is 2.13. The minimum Gasteiger partial charge on any atom is -0.273 e. The second kappa shape index (κ2) is 13.3. The van der Waals surface area contributed by atoms with Crippen LogP contribution in [0.2, 0.25) is 0 Å². The summed E-state index contributed by atoms with van der Waals surface area (Å²) in [7, 11) is 0. The van der Waals surface area contributed by atoms with Crippen LogP contribution >= 0.6 is 0 Å². The number of terminal acetylenes is 1. The summed E-state index contributed by atoms with van der Waals surface area (Å²) in [6.07, 6.45) is 10.4. The Hall–Kier alpha value is -3.16. The molecule has 0 amide bonds. The number of benzene rings is 2. The lowest BCUT2D eigenvalue weighted by molar-refractivity contribution is 0.805. The van der Waals surface area contributed by atoms with Crippen molar-refractivity contribution in [1.29, 1.82) is 0 Å². The van der Waals surface area contributed by atoms with Gasteiger partial charge in [0.05, 0.1) is 5.71 Å². The highest BCUT2D eigenvalue weighted by Gasteiger charge is 2.07. The van der Waals surface area contributed by atoms with Gasteiger partial charge in [-0.3, -0.25) is 4.99 Å². The first-order chi connectivity index (χ1) is 12.2. The Bertz CT molecular complexity index is 691. The Morgan fingerprint density at radius 1 is 1.16 bits per heavy atom. The number of nitrogens with zero attached hydrogens (tertiary/aromatic N) is 2. The number of hydrogen-bond donors (Lipinski definition) is 2. The smallest absolute Gasteiger partial charge is 0.0666 e. The van der Waals surface area contributed by atoms with E-state index in [4.69, 9.17) is 5.84 Å². The molecule has 0 bridgehead atoms. The van der Waals surface area contributed by atoms with Crippen molar-refractivity contribution in [2.45, 2.75) is 20.3 Å². The van der Waals surface area contributed by atoms with Gasteiger partial charge in [-0.2, -0.15) is 5.10 Å². The zero-order valence-corrected chi connectivity index (χ0v) is 14.9. The van der Waals surface area contributed by atoms with Crippen LogP contribution in [0, 0.1) is 12.8 Å². The summed E-state index contributed by atoms with van der Waals surface area (Å²) < 4.78 is 0. The number of nitrogens with two attached hydrogens (primary N) is 1. The molecule has 0 fully saturated rings. The lowest BCUT2D eigenvalue weighted by Gasteiger charge is -2.10. The lowest BCUT2D eigenvalue weighted by atomic mass is 9.96. The molecule has 0 radical (unpaired) electrons.